The van der Waals surface area contributed by atoms with Gasteiger partial charge in [-0.15, -0.1) is 11.3 Å². The Morgan fingerprint density at radius 2 is 2.28 bits per heavy atom. The third kappa shape index (κ3) is 3.44. The molecule has 0 fully saturated rings. The normalized spacial score (nSPS) is 16.0. The molecular weight excluding hydrogens is 334 g/mol. The average Bonchev–Trinajstić information content (AvgIpc) is 2.88. The quantitative estimate of drug-likeness (QED) is 0.825. The average molecular weight is 350 g/mol. The first-order valence-electron chi connectivity index (χ1n) is 5.92. The molecule has 0 unspecified atom stereocenters. The Bertz CT molecular complexity index is 561. The lowest BCUT2D eigenvalue weighted by atomic mass is 10.2. The summed E-state index contributed by atoms with van der Waals surface area (Å²) in [6, 6.07) is 1.66. The summed E-state index contributed by atoms with van der Waals surface area (Å²) in [5.74, 6) is 0. The van der Waals surface area contributed by atoms with Crippen molar-refractivity contribution in [1.82, 2.24) is 4.72 Å². The van der Waals surface area contributed by atoms with E-state index in [0.29, 0.717) is 11.4 Å². The molecule has 100 valence electrons. The van der Waals surface area contributed by atoms with Gasteiger partial charge in [-0.05, 0) is 54.6 Å². The van der Waals surface area contributed by atoms with Gasteiger partial charge < -0.3 is 0 Å². The molecule has 0 atom stereocenters. The van der Waals surface area contributed by atoms with Crippen LogP contribution in [0.2, 0.25) is 0 Å². The molecule has 0 saturated heterocycles. The third-order valence-corrected chi connectivity index (χ3v) is 6.27. The van der Waals surface area contributed by atoms with Crippen LogP contribution in [0.25, 0.3) is 0 Å². The number of thiophene rings is 1. The number of hydrogen-bond acceptors (Lipinski definition) is 3. The van der Waals surface area contributed by atoms with Crippen LogP contribution >= 0.6 is 27.3 Å². The first kappa shape index (κ1) is 14.2. The Morgan fingerprint density at radius 1 is 1.50 bits per heavy atom. The van der Waals surface area contributed by atoms with E-state index in [1.54, 1.807) is 6.07 Å². The summed E-state index contributed by atoms with van der Waals surface area (Å²) in [5, 5.41) is 0. The number of halogens is 1. The van der Waals surface area contributed by atoms with Gasteiger partial charge in [-0.1, -0.05) is 11.6 Å². The van der Waals surface area contributed by atoms with Gasteiger partial charge in [-0.3, -0.25) is 0 Å². The van der Waals surface area contributed by atoms with Gasteiger partial charge in [-0.25, -0.2) is 13.1 Å². The van der Waals surface area contributed by atoms with Crippen molar-refractivity contribution in [3.8, 4) is 0 Å². The SMILES string of the molecule is Cc1sc(Br)cc1S(=O)(=O)NCCC1=CCCC1. The molecule has 1 aromatic rings. The summed E-state index contributed by atoms with van der Waals surface area (Å²) in [4.78, 5) is 1.20. The molecule has 0 spiro atoms. The van der Waals surface area contributed by atoms with Gasteiger partial charge in [-0.2, -0.15) is 0 Å². The maximum Gasteiger partial charge on any atom is 0.241 e. The van der Waals surface area contributed by atoms with E-state index in [4.69, 9.17) is 0 Å². The van der Waals surface area contributed by atoms with E-state index < -0.39 is 10.0 Å². The standard InChI is InChI=1S/C12H16BrNO2S2/c1-9-11(8-12(13)17-9)18(15,16)14-7-6-10-4-2-3-5-10/h4,8,14H,2-3,5-7H2,1H3. The zero-order valence-electron chi connectivity index (χ0n) is 10.2. The number of rotatable bonds is 5. The fourth-order valence-corrected chi connectivity index (χ4v) is 5.53. The summed E-state index contributed by atoms with van der Waals surface area (Å²) in [7, 11) is -3.36. The van der Waals surface area contributed by atoms with Crippen molar-refractivity contribution >= 4 is 37.3 Å². The predicted octanol–water partition coefficient (Wildman–Crippen LogP) is 3.60. The fourth-order valence-electron chi connectivity index (χ4n) is 2.09. The molecule has 2 rings (SSSR count). The maximum absolute atomic E-state index is 12.1. The Kier molecular flexibility index (Phi) is 4.64. The molecule has 1 N–H and O–H groups in total. The molecule has 0 amide bonds. The number of nitrogens with one attached hydrogen (secondary N) is 1. The highest BCUT2D eigenvalue weighted by molar-refractivity contribution is 9.11. The van der Waals surface area contributed by atoms with Crippen LogP contribution in [0.3, 0.4) is 0 Å². The first-order valence-corrected chi connectivity index (χ1v) is 9.02. The summed E-state index contributed by atoms with van der Waals surface area (Å²) in [6.45, 7) is 2.31. The lowest BCUT2D eigenvalue weighted by Gasteiger charge is -2.06. The molecule has 3 nitrogen and oxygen atoms in total. The predicted molar refractivity (Wildman–Crippen MR) is 78.5 cm³/mol. The van der Waals surface area contributed by atoms with Crippen molar-refractivity contribution in [2.75, 3.05) is 6.54 Å². The third-order valence-electron chi connectivity index (χ3n) is 3.00. The van der Waals surface area contributed by atoms with Crippen LogP contribution in [0.1, 0.15) is 30.6 Å². The minimum Gasteiger partial charge on any atom is -0.211 e. The molecule has 1 aromatic heterocycles. The second-order valence-electron chi connectivity index (χ2n) is 4.37. The van der Waals surface area contributed by atoms with E-state index in [1.807, 2.05) is 6.92 Å². The number of sulfonamides is 1. The molecule has 0 radical (unpaired) electrons. The van der Waals surface area contributed by atoms with Gasteiger partial charge in [0, 0.05) is 11.4 Å². The second-order valence-corrected chi connectivity index (χ2v) is 8.74. The van der Waals surface area contributed by atoms with Crippen LogP contribution < -0.4 is 4.72 Å². The summed E-state index contributed by atoms with van der Waals surface area (Å²) < 4.78 is 27.7. The molecule has 18 heavy (non-hydrogen) atoms. The largest absolute Gasteiger partial charge is 0.241 e. The van der Waals surface area contributed by atoms with Crippen molar-refractivity contribution in [3.05, 3.63) is 26.4 Å². The molecule has 1 heterocycles. The van der Waals surface area contributed by atoms with Crippen molar-refractivity contribution < 1.29 is 8.42 Å². The Labute approximate surface area is 120 Å². The monoisotopic (exact) mass is 349 g/mol. The summed E-state index contributed by atoms with van der Waals surface area (Å²) in [6.07, 6.45) is 6.51. The number of allylic oxidation sites excluding steroid dienone is 1. The zero-order valence-corrected chi connectivity index (χ0v) is 13.4. The van der Waals surface area contributed by atoms with Crippen LogP contribution in [0.5, 0.6) is 0 Å². The van der Waals surface area contributed by atoms with E-state index in [2.05, 4.69) is 26.7 Å². The molecule has 0 bridgehead atoms. The highest BCUT2D eigenvalue weighted by atomic mass is 79.9. The summed E-state index contributed by atoms with van der Waals surface area (Å²) in [5.41, 5.74) is 1.38. The van der Waals surface area contributed by atoms with Gasteiger partial charge in [0.15, 0.2) is 0 Å². The second kappa shape index (κ2) is 5.86. The fraction of sp³-hybridized carbons (Fsp3) is 0.500. The number of hydrogen-bond donors (Lipinski definition) is 1. The van der Waals surface area contributed by atoms with Crippen LogP contribution in [0.4, 0.5) is 0 Å². The van der Waals surface area contributed by atoms with Crippen LogP contribution in [0, 0.1) is 6.92 Å². The molecule has 6 heteroatoms. The summed E-state index contributed by atoms with van der Waals surface area (Å²) >= 11 is 4.76. The van der Waals surface area contributed by atoms with E-state index in [9.17, 15) is 8.42 Å². The zero-order chi connectivity index (χ0) is 13.2. The Morgan fingerprint density at radius 3 is 2.83 bits per heavy atom. The molecule has 0 aliphatic heterocycles. The lowest BCUT2D eigenvalue weighted by Crippen LogP contribution is -2.25. The highest BCUT2D eigenvalue weighted by Crippen LogP contribution is 2.29. The van der Waals surface area contributed by atoms with E-state index in [0.717, 1.165) is 27.9 Å². The molecular formula is C12H16BrNO2S2. The highest BCUT2D eigenvalue weighted by Gasteiger charge is 2.19. The number of aryl methyl sites for hydroxylation is 1. The molecule has 0 aromatic carbocycles. The molecule has 0 saturated carbocycles. The van der Waals surface area contributed by atoms with Crippen LogP contribution in [-0.2, 0) is 10.0 Å². The topological polar surface area (TPSA) is 46.2 Å². The van der Waals surface area contributed by atoms with Gasteiger partial charge in [0.1, 0.15) is 0 Å². The molecule has 1 aliphatic rings. The Hall–Kier alpha value is -0.170. The van der Waals surface area contributed by atoms with Gasteiger partial charge >= 0.3 is 0 Å². The Balaban J connectivity index is 1.97. The maximum atomic E-state index is 12.1. The van der Waals surface area contributed by atoms with E-state index in [-0.39, 0.29) is 0 Å². The van der Waals surface area contributed by atoms with Crippen molar-refractivity contribution in [1.29, 1.82) is 0 Å². The minimum atomic E-state index is -3.36. The van der Waals surface area contributed by atoms with E-state index >= 15 is 0 Å². The minimum absolute atomic E-state index is 0.389. The van der Waals surface area contributed by atoms with Crippen LogP contribution in [0.15, 0.2) is 26.4 Å². The van der Waals surface area contributed by atoms with Gasteiger partial charge in [0.25, 0.3) is 0 Å². The van der Waals surface area contributed by atoms with E-state index in [1.165, 1.54) is 23.3 Å². The van der Waals surface area contributed by atoms with Crippen molar-refractivity contribution in [2.45, 2.75) is 37.5 Å². The van der Waals surface area contributed by atoms with Gasteiger partial charge in [0.2, 0.25) is 10.0 Å². The van der Waals surface area contributed by atoms with Crippen LogP contribution in [-0.4, -0.2) is 15.0 Å². The first-order chi connectivity index (χ1) is 8.49. The van der Waals surface area contributed by atoms with Crippen molar-refractivity contribution in [2.24, 2.45) is 0 Å². The smallest absolute Gasteiger partial charge is 0.211 e. The lowest BCUT2D eigenvalue weighted by molar-refractivity contribution is 0.581. The molecule has 1 aliphatic carbocycles. The van der Waals surface area contributed by atoms with Crippen molar-refractivity contribution in [3.63, 3.8) is 0 Å². The van der Waals surface area contributed by atoms with Gasteiger partial charge in [0.05, 0.1) is 8.68 Å².